The molecule has 106 valence electrons. The molecule has 1 saturated carbocycles. The van der Waals surface area contributed by atoms with Crippen LogP contribution in [0.5, 0.6) is 0 Å². The highest BCUT2D eigenvalue weighted by Crippen LogP contribution is 2.42. The minimum atomic E-state index is -0.825. The summed E-state index contributed by atoms with van der Waals surface area (Å²) in [5.41, 5.74) is 0. The fraction of sp³-hybridized carbons (Fsp3) is 1.00. The molecule has 3 atom stereocenters. The largest absolute Gasteiger partial charge is 0.370 e. The molecule has 0 amide bonds. The lowest BCUT2D eigenvalue weighted by molar-refractivity contribution is -0.363. The number of hydrogen-bond acceptors (Lipinski definition) is 4. The molecule has 0 aromatic carbocycles. The molecule has 18 heavy (non-hydrogen) atoms. The fourth-order valence-corrected chi connectivity index (χ4v) is 3.57. The molecule has 0 radical (unpaired) electrons. The topological polar surface area (TPSA) is 40.2 Å². The van der Waals surface area contributed by atoms with E-state index in [1.165, 1.54) is 18.9 Å². The first-order chi connectivity index (χ1) is 8.73. The van der Waals surface area contributed by atoms with Gasteiger partial charge in [-0.2, -0.15) is 0 Å². The second-order valence-corrected chi connectivity index (χ2v) is 7.50. The van der Waals surface area contributed by atoms with Crippen LogP contribution in [-0.2, 0) is 18.9 Å². The van der Waals surface area contributed by atoms with E-state index in [-0.39, 0.29) is 9.52 Å². The van der Waals surface area contributed by atoms with Gasteiger partial charge in [-0.25, -0.2) is 0 Å². The third kappa shape index (κ3) is 3.54. The lowest BCUT2D eigenvalue weighted by Gasteiger charge is -2.34. The summed E-state index contributed by atoms with van der Waals surface area (Å²) in [5, 5.41) is 0. The van der Waals surface area contributed by atoms with Gasteiger partial charge in [0.15, 0.2) is 0 Å². The van der Waals surface area contributed by atoms with Crippen LogP contribution in [0.2, 0.25) is 6.04 Å². The summed E-state index contributed by atoms with van der Waals surface area (Å²) >= 11 is 0. The maximum atomic E-state index is 5.90. The van der Waals surface area contributed by atoms with E-state index in [2.05, 4.69) is 6.92 Å². The van der Waals surface area contributed by atoms with Crippen LogP contribution in [0.4, 0.5) is 0 Å². The summed E-state index contributed by atoms with van der Waals surface area (Å²) < 4.78 is 22.5. The fourth-order valence-electron chi connectivity index (χ4n) is 2.82. The molecule has 1 aliphatic heterocycles. The van der Waals surface area contributed by atoms with Crippen LogP contribution in [0.25, 0.3) is 0 Å². The predicted octanol–water partition coefficient (Wildman–Crippen LogP) is 1.47. The summed E-state index contributed by atoms with van der Waals surface area (Å²) in [6.07, 6.45) is 6.22. The van der Waals surface area contributed by atoms with E-state index in [1.807, 2.05) is 0 Å². The van der Waals surface area contributed by atoms with E-state index in [1.54, 1.807) is 14.2 Å². The predicted molar refractivity (Wildman–Crippen MR) is 72.3 cm³/mol. The van der Waals surface area contributed by atoms with Crippen LogP contribution in [0.3, 0.4) is 0 Å². The van der Waals surface area contributed by atoms with Gasteiger partial charge in [-0.05, 0) is 25.2 Å². The SMILES string of the molecule is CC[SiH2]COC(CC1CCC2OC2C1)(OC)OC. The maximum absolute atomic E-state index is 5.90. The average Bonchev–Trinajstić information content (AvgIpc) is 3.16. The van der Waals surface area contributed by atoms with Crippen LogP contribution in [0.15, 0.2) is 0 Å². The van der Waals surface area contributed by atoms with Crippen LogP contribution in [0.1, 0.15) is 32.6 Å². The second kappa shape index (κ2) is 6.48. The minimum absolute atomic E-state index is 0.124. The summed E-state index contributed by atoms with van der Waals surface area (Å²) in [7, 11) is 3.23. The van der Waals surface area contributed by atoms with Gasteiger partial charge in [-0.3, -0.25) is 0 Å². The monoisotopic (exact) mass is 274 g/mol. The molecule has 0 spiro atoms. The first-order valence-electron chi connectivity index (χ1n) is 7.12. The highest BCUT2D eigenvalue weighted by Gasteiger charge is 2.46. The van der Waals surface area contributed by atoms with Crippen LogP contribution in [-0.4, -0.2) is 48.2 Å². The molecule has 0 aromatic rings. The van der Waals surface area contributed by atoms with Crippen molar-refractivity contribution in [2.24, 2.45) is 5.92 Å². The van der Waals surface area contributed by atoms with Crippen molar-refractivity contribution in [1.82, 2.24) is 0 Å². The first kappa shape index (κ1) is 14.5. The third-order valence-electron chi connectivity index (χ3n) is 4.09. The van der Waals surface area contributed by atoms with Gasteiger partial charge in [0.25, 0.3) is 5.97 Å². The number of fused-ring (bicyclic) bond motifs is 1. The van der Waals surface area contributed by atoms with Gasteiger partial charge >= 0.3 is 0 Å². The Labute approximate surface area is 112 Å². The molecule has 2 rings (SSSR count). The lowest BCUT2D eigenvalue weighted by atomic mass is 9.86. The lowest BCUT2D eigenvalue weighted by Crippen LogP contribution is -2.41. The van der Waals surface area contributed by atoms with Gasteiger partial charge in [0.05, 0.1) is 21.7 Å². The van der Waals surface area contributed by atoms with Crippen LogP contribution in [0, 0.1) is 5.92 Å². The normalized spacial score (nSPS) is 31.8. The van der Waals surface area contributed by atoms with E-state index in [0.717, 1.165) is 19.1 Å². The van der Waals surface area contributed by atoms with Gasteiger partial charge < -0.3 is 18.9 Å². The van der Waals surface area contributed by atoms with Gasteiger partial charge in [-0.15, -0.1) is 0 Å². The molecule has 1 saturated heterocycles. The van der Waals surface area contributed by atoms with Crippen molar-refractivity contribution < 1.29 is 18.9 Å². The van der Waals surface area contributed by atoms with Crippen molar-refractivity contribution in [3.8, 4) is 0 Å². The molecule has 5 heteroatoms. The van der Waals surface area contributed by atoms with E-state index >= 15 is 0 Å². The Balaban J connectivity index is 1.83. The zero-order chi connectivity index (χ0) is 13.0. The number of methoxy groups -OCH3 is 2. The number of rotatable bonds is 8. The zero-order valence-corrected chi connectivity index (χ0v) is 13.2. The van der Waals surface area contributed by atoms with E-state index in [9.17, 15) is 0 Å². The molecule has 4 nitrogen and oxygen atoms in total. The Bertz CT molecular complexity index is 257. The van der Waals surface area contributed by atoms with Crippen molar-refractivity contribution in [3.05, 3.63) is 0 Å². The summed E-state index contributed by atoms with van der Waals surface area (Å²) in [5.74, 6) is -0.230. The molecule has 0 N–H and O–H groups in total. The molecular formula is C13H26O4Si. The number of epoxide rings is 1. The summed E-state index contributed by atoms with van der Waals surface area (Å²) in [4.78, 5) is 0. The molecule has 1 aliphatic carbocycles. The van der Waals surface area contributed by atoms with Crippen molar-refractivity contribution >= 4 is 9.52 Å². The van der Waals surface area contributed by atoms with E-state index in [4.69, 9.17) is 18.9 Å². The number of hydrogen-bond donors (Lipinski definition) is 0. The van der Waals surface area contributed by atoms with E-state index in [0.29, 0.717) is 18.1 Å². The van der Waals surface area contributed by atoms with Crippen LogP contribution < -0.4 is 0 Å². The number of ether oxygens (including phenoxy) is 4. The van der Waals surface area contributed by atoms with Gasteiger partial charge in [0.2, 0.25) is 0 Å². The van der Waals surface area contributed by atoms with Crippen LogP contribution >= 0.6 is 0 Å². The summed E-state index contributed by atoms with van der Waals surface area (Å²) in [6.45, 7) is 2.21. The Hall–Kier alpha value is 0.0569. The smallest absolute Gasteiger partial charge is 0.282 e. The van der Waals surface area contributed by atoms with Crippen molar-refractivity contribution in [2.75, 3.05) is 20.4 Å². The highest BCUT2D eigenvalue weighted by atomic mass is 28.2. The highest BCUT2D eigenvalue weighted by molar-refractivity contribution is 6.34. The Kier molecular flexibility index (Phi) is 5.21. The zero-order valence-electron chi connectivity index (χ0n) is 11.8. The van der Waals surface area contributed by atoms with Gasteiger partial charge in [0.1, 0.15) is 0 Å². The first-order valence-corrected chi connectivity index (χ1v) is 9.12. The minimum Gasteiger partial charge on any atom is -0.370 e. The Morgan fingerprint density at radius 1 is 1.22 bits per heavy atom. The molecule has 0 bridgehead atoms. The molecule has 3 unspecified atom stereocenters. The van der Waals surface area contributed by atoms with Gasteiger partial charge in [-0.1, -0.05) is 13.0 Å². The van der Waals surface area contributed by atoms with Crippen molar-refractivity contribution in [2.45, 2.75) is 56.8 Å². The Morgan fingerprint density at radius 2 is 2.00 bits per heavy atom. The molecule has 0 aromatic heterocycles. The maximum Gasteiger partial charge on any atom is 0.282 e. The summed E-state index contributed by atoms with van der Waals surface area (Å²) in [6, 6.07) is 1.25. The van der Waals surface area contributed by atoms with E-state index < -0.39 is 5.97 Å². The molecule has 2 fully saturated rings. The average molecular weight is 274 g/mol. The van der Waals surface area contributed by atoms with Crippen molar-refractivity contribution in [1.29, 1.82) is 0 Å². The standard InChI is InChI=1S/C13H26O4Si/c1-4-18-9-16-13(14-2,15-3)8-10-5-6-11-12(7-10)17-11/h10-12H,4-9,18H2,1-3H3. The quantitative estimate of drug-likeness (QED) is 0.291. The second-order valence-electron chi connectivity index (χ2n) is 5.39. The molecule has 2 aliphatic rings. The third-order valence-corrected chi connectivity index (χ3v) is 5.29. The van der Waals surface area contributed by atoms with Crippen molar-refractivity contribution in [3.63, 3.8) is 0 Å². The Morgan fingerprint density at radius 3 is 2.61 bits per heavy atom. The van der Waals surface area contributed by atoms with Gasteiger partial charge in [0, 0.05) is 26.9 Å². The molecule has 1 heterocycles. The molecular weight excluding hydrogens is 248 g/mol.